The number of hydrogen-bond donors (Lipinski definition) is 5. The minimum Gasteiger partial charge on any atom is -0.393 e. The van der Waals surface area contributed by atoms with Gasteiger partial charge in [0.15, 0.2) is 6.61 Å². The summed E-state index contributed by atoms with van der Waals surface area (Å²) >= 11 is 1.93. The van der Waals surface area contributed by atoms with Crippen LogP contribution in [0.1, 0.15) is 142 Å². The summed E-state index contributed by atoms with van der Waals surface area (Å²) in [4.78, 5) is 41.6. The van der Waals surface area contributed by atoms with Crippen molar-refractivity contribution in [3.8, 4) is 0 Å². The Bertz CT molecular complexity index is 1310. The molecule has 0 bridgehead atoms. The Labute approximate surface area is 316 Å². The predicted octanol–water partition coefficient (Wildman–Crippen LogP) is 6.76. The predicted molar refractivity (Wildman–Crippen MR) is 208 cm³/mol. The molecule has 0 spiro atoms. The van der Waals surface area contributed by atoms with E-state index in [1.807, 2.05) is 11.8 Å². The first-order valence-electron chi connectivity index (χ1n) is 21.0. The smallest absolute Gasteiger partial charge is 0.315 e. The number of aliphatic hydroxyl groups excluding tert-OH is 1. The van der Waals surface area contributed by atoms with E-state index < -0.39 is 0 Å². The zero-order chi connectivity index (χ0) is 36.6. The van der Waals surface area contributed by atoms with E-state index in [1.54, 1.807) is 0 Å². The van der Waals surface area contributed by atoms with Crippen molar-refractivity contribution < 1.29 is 24.3 Å². The average molecular weight is 742 g/mol. The molecule has 0 aromatic rings. The van der Waals surface area contributed by atoms with Gasteiger partial charge in [-0.05, 0) is 112 Å². The lowest BCUT2D eigenvalue weighted by atomic mass is 9.47. The maximum absolute atomic E-state index is 12.3. The molecule has 3 saturated carbocycles. The van der Waals surface area contributed by atoms with Gasteiger partial charge in [0, 0.05) is 30.5 Å². The second-order valence-electron chi connectivity index (χ2n) is 17.4. The number of thioether (sulfide) groups is 1. The molecule has 2 heterocycles. The number of urea groups is 1. The molecule has 292 valence electrons. The highest BCUT2D eigenvalue weighted by molar-refractivity contribution is 8.00. The summed E-state index contributed by atoms with van der Waals surface area (Å²) in [6.45, 7) is 6.24. The lowest BCUT2D eigenvalue weighted by Crippen LogP contribution is -2.51. The average Bonchev–Trinajstić information content (AvgIpc) is 3.78. The van der Waals surface area contributed by atoms with Gasteiger partial charge in [-0.2, -0.15) is 11.8 Å². The van der Waals surface area contributed by atoms with Gasteiger partial charge in [-0.25, -0.2) is 4.79 Å². The molecule has 0 aromatic heterocycles. The second kappa shape index (κ2) is 18.4. The maximum Gasteiger partial charge on any atom is 0.315 e. The normalized spacial score (nSPS) is 35.4. The van der Waals surface area contributed by atoms with E-state index in [-0.39, 0.29) is 53.5 Å². The molecule has 52 heavy (non-hydrogen) atoms. The minimum absolute atomic E-state index is 0.0296. The summed E-state index contributed by atoms with van der Waals surface area (Å²) in [5, 5.41) is 27.7. The van der Waals surface area contributed by atoms with Crippen molar-refractivity contribution in [3.05, 3.63) is 11.6 Å². The summed E-state index contributed by atoms with van der Waals surface area (Å²) in [6.07, 6.45) is 23.7. The number of unbranched alkanes of at least 4 members (excludes halogenated alkanes) is 8. The van der Waals surface area contributed by atoms with Gasteiger partial charge in [-0.15, -0.1) is 0 Å². The fraction of sp³-hybridized carbons (Fsp3) is 0.854. The lowest BCUT2D eigenvalue weighted by molar-refractivity contribution is -0.125. The highest BCUT2D eigenvalue weighted by Crippen LogP contribution is 2.65. The van der Waals surface area contributed by atoms with Crippen molar-refractivity contribution in [2.45, 2.75) is 166 Å². The van der Waals surface area contributed by atoms with Crippen LogP contribution in [0.5, 0.6) is 0 Å². The molecule has 0 radical (unpaired) electrons. The van der Waals surface area contributed by atoms with Gasteiger partial charge < -0.3 is 31.2 Å². The maximum atomic E-state index is 12.3. The monoisotopic (exact) mass is 741 g/mol. The standard InChI is InChI=1S/C41H67N5O5S/c1-40-21-19-29(25-28(40)15-16-30-31-17-18-35(47)41(31,2)22-20-32(30)40)46-51-26-37(49)43-24-12-8-6-4-3-5-7-11-23-42-36(48)14-10-9-13-34-38-33(27-52-34)44-39(50)45-38/h25,30-35,38,47H,3-24,26-27H2,1-2H3,(H,42,48)(H,43,49)(H2,44,45,50)/b46-29-/t30-,31-,32-,33+,34-,35-,38+,40-,41-/m0/s1. The van der Waals surface area contributed by atoms with Crippen LogP contribution in [0.4, 0.5) is 4.79 Å². The van der Waals surface area contributed by atoms with Crippen LogP contribution in [0.3, 0.4) is 0 Å². The van der Waals surface area contributed by atoms with Crippen LogP contribution in [0.25, 0.3) is 0 Å². The first kappa shape index (κ1) is 39.4. The van der Waals surface area contributed by atoms with Gasteiger partial charge in [0.1, 0.15) is 0 Å². The number of rotatable bonds is 19. The molecule has 2 aliphatic heterocycles. The van der Waals surface area contributed by atoms with E-state index in [4.69, 9.17) is 4.84 Å². The summed E-state index contributed by atoms with van der Waals surface area (Å²) in [5.41, 5.74) is 2.84. The van der Waals surface area contributed by atoms with Crippen molar-refractivity contribution in [2.75, 3.05) is 25.4 Å². The topological polar surface area (TPSA) is 141 Å². The number of nitrogens with one attached hydrogen (secondary N) is 4. The molecular formula is C41H67N5O5S. The summed E-state index contributed by atoms with van der Waals surface area (Å²) in [5.74, 6) is 3.14. The number of oxime groups is 1. The third-order valence-corrected chi connectivity index (χ3v) is 15.6. The van der Waals surface area contributed by atoms with Crippen LogP contribution in [-0.4, -0.2) is 77.6 Å². The van der Waals surface area contributed by atoms with Crippen molar-refractivity contribution >= 4 is 35.3 Å². The van der Waals surface area contributed by atoms with Gasteiger partial charge in [0.05, 0.1) is 23.9 Å². The molecule has 0 aromatic carbocycles. The van der Waals surface area contributed by atoms with E-state index in [2.05, 4.69) is 46.3 Å². The Morgan fingerprint density at radius 1 is 0.885 bits per heavy atom. The lowest BCUT2D eigenvalue weighted by Gasteiger charge is -2.57. The molecule has 11 heteroatoms. The minimum atomic E-state index is -0.121. The molecule has 6 rings (SSSR count). The van der Waals surface area contributed by atoms with Crippen LogP contribution >= 0.6 is 11.8 Å². The molecule has 4 amide bonds. The van der Waals surface area contributed by atoms with Crippen LogP contribution < -0.4 is 21.3 Å². The van der Waals surface area contributed by atoms with Gasteiger partial charge in [-0.1, -0.05) is 69.5 Å². The molecule has 6 aliphatic rings. The molecule has 5 fully saturated rings. The molecule has 5 N–H and O–H groups in total. The van der Waals surface area contributed by atoms with Gasteiger partial charge in [-0.3, -0.25) is 9.59 Å². The number of allylic oxidation sites excluding steroid dienone is 2. The van der Waals surface area contributed by atoms with Gasteiger partial charge in [0.2, 0.25) is 5.91 Å². The second-order valence-corrected chi connectivity index (χ2v) is 18.7. The third-order valence-electron chi connectivity index (χ3n) is 14.1. The Kier molecular flexibility index (Phi) is 13.9. The summed E-state index contributed by atoms with van der Waals surface area (Å²) in [6, 6.07) is 0.477. The van der Waals surface area contributed by atoms with Crippen molar-refractivity contribution in [1.29, 1.82) is 0 Å². The van der Waals surface area contributed by atoms with Gasteiger partial charge in [0.25, 0.3) is 5.91 Å². The number of nitrogens with zero attached hydrogens (tertiary/aromatic N) is 1. The Balaban J connectivity index is 0.730. The van der Waals surface area contributed by atoms with Crippen LogP contribution in [0.2, 0.25) is 0 Å². The summed E-state index contributed by atoms with van der Waals surface area (Å²) < 4.78 is 0. The fourth-order valence-electron chi connectivity index (χ4n) is 11.0. The number of carbonyl (C=O) groups is 3. The number of fused-ring (bicyclic) bond motifs is 6. The molecular weight excluding hydrogens is 675 g/mol. The Morgan fingerprint density at radius 2 is 1.62 bits per heavy atom. The van der Waals surface area contributed by atoms with Gasteiger partial charge >= 0.3 is 6.03 Å². The number of hydrogen-bond acceptors (Lipinski definition) is 7. The van der Waals surface area contributed by atoms with Crippen molar-refractivity contribution in [1.82, 2.24) is 21.3 Å². The number of carbonyl (C=O) groups excluding carboxylic acids is 3. The summed E-state index contributed by atoms with van der Waals surface area (Å²) in [7, 11) is 0. The Morgan fingerprint density at radius 3 is 2.38 bits per heavy atom. The van der Waals surface area contributed by atoms with Crippen LogP contribution in [0.15, 0.2) is 16.8 Å². The zero-order valence-corrected chi connectivity index (χ0v) is 32.8. The SMILES string of the molecule is C[C@]12CC[C@H]3[C@@H](CCC4=C/C(=N\OCC(=O)NCCCCCCCCCCNC(=O)CCCC[C@@H]5SC[C@H]6NC(=O)N[C@@H]56)CC[C@@]43C)[C@@H]1CC[C@@H]2O. The first-order valence-corrected chi connectivity index (χ1v) is 22.0. The largest absolute Gasteiger partial charge is 0.393 e. The quantitative estimate of drug-likeness (QED) is 0.0563. The van der Waals surface area contributed by atoms with Crippen LogP contribution in [-0.2, 0) is 14.4 Å². The van der Waals surface area contributed by atoms with Crippen molar-refractivity contribution in [3.63, 3.8) is 0 Å². The van der Waals surface area contributed by atoms with E-state index in [1.165, 1.54) is 50.5 Å². The zero-order valence-electron chi connectivity index (χ0n) is 32.0. The van der Waals surface area contributed by atoms with E-state index in [0.29, 0.717) is 30.1 Å². The van der Waals surface area contributed by atoms with Crippen molar-refractivity contribution in [2.24, 2.45) is 33.7 Å². The first-order chi connectivity index (χ1) is 25.2. The molecule has 10 nitrogen and oxygen atoms in total. The third kappa shape index (κ3) is 9.50. The number of amides is 4. The van der Waals surface area contributed by atoms with E-state index >= 15 is 0 Å². The fourth-order valence-corrected chi connectivity index (χ4v) is 12.5. The Hall–Kier alpha value is -2.27. The molecule has 9 atom stereocenters. The van der Waals surface area contributed by atoms with Crippen LogP contribution in [0, 0.1) is 28.6 Å². The molecule has 0 unspecified atom stereocenters. The molecule has 4 aliphatic carbocycles. The highest BCUT2D eigenvalue weighted by Gasteiger charge is 2.58. The van der Waals surface area contributed by atoms with E-state index in [0.717, 1.165) is 101 Å². The number of aliphatic hydroxyl groups is 1. The van der Waals surface area contributed by atoms with E-state index in [9.17, 15) is 19.5 Å². The highest BCUT2D eigenvalue weighted by atomic mass is 32.2. The molecule has 2 saturated heterocycles.